The maximum absolute atomic E-state index is 11.3. The van der Waals surface area contributed by atoms with Crippen molar-refractivity contribution in [2.75, 3.05) is 25.1 Å². The summed E-state index contributed by atoms with van der Waals surface area (Å²) in [5.41, 5.74) is 0.865. The van der Waals surface area contributed by atoms with Gasteiger partial charge in [-0.05, 0) is 25.8 Å². The number of methoxy groups -OCH3 is 1. The van der Waals surface area contributed by atoms with Gasteiger partial charge >= 0.3 is 5.69 Å². The van der Waals surface area contributed by atoms with Gasteiger partial charge in [0.05, 0.1) is 12.0 Å². The average molecular weight is 278 g/mol. The second-order valence-electron chi connectivity index (χ2n) is 4.99. The highest BCUT2D eigenvalue weighted by atomic mass is 16.6. The van der Waals surface area contributed by atoms with Crippen LogP contribution in [0.2, 0.25) is 0 Å². The number of ether oxygens (including phenoxy) is 1. The summed E-state index contributed by atoms with van der Waals surface area (Å²) in [5.74, 6) is 0.651. The minimum Gasteiger partial charge on any atom is -0.490 e. The van der Waals surface area contributed by atoms with Crippen LogP contribution in [0.25, 0.3) is 0 Å². The lowest BCUT2D eigenvalue weighted by molar-refractivity contribution is -0.385. The van der Waals surface area contributed by atoms with E-state index in [1.165, 1.54) is 13.2 Å². The third kappa shape index (κ3) is 2.89. The van der Waals surface area contributed by atoms with Crippen LogP contribution < -0.4 is 9.64 Å². The number of nitro benzene ring substituents is 1. The lowest BCUT2D eigenvalue weighted by atomic mass is 9.93. The van der Waals surface area contributed by atoms with Crippen LogP contribution >= 0.6 is 0 Å². The Morgan fingerprint density at radius 1 is 1.40 bits per heavy atom. The molecule has 1 heterocycles. The molecule has 2 rings (SSSR count). The number of piperidine rings is 1. The minimum atomic E-state index is -0.454. The molecule has 1 saturated heterocycles. The first-order valence-electron chi connectivity index (χ1n) is 6.60. The van der Waals surface area contributed by atoms with Gasteiger partial charge in [-0.25, -0.2) is 0 Å². The van der Waals surface area contributed by atoms with Crippen molar-refractivity contribution in [3.8, 4) is 5.75 Å². The minimum absolute atomic E-state index is 0.0325. The van der Waals surface area contributed by atoms with Crippen molar-refractivity contribution in [3.05, 3.63) is 28.3 Å². The first-order valence-corrected chi connectivity index (χ1v) is 6.60. The van der Waals surface area contributed by atoms with E-state index in [1.54, 1.807) is 19.1 Å². The zero-order valence-electron chi connectivity index (χ0n) is 11.7. The van der Waals surface area contributed by atoms with Crippen LogP contribution in [0.15, 0.2) is 18.2 Å². The topological polar surface area (TPSA) is 72.7 Å². The van der Waals surface area contributed by atoms with Crippen LogP contribution in [0, 0.1) is 16.0 Å². The second-order valence-corrected chi connectivity index (χ2v) is 4.99. The third-order valence-electron chi connectivity index (χ3n) is 3.80. The Balaban J connectivity index is 2.14. The van der Waals surface area contributed by atoms with Gasteiger partial charge in [-0.1, -0.05) is 0 Å². The molecule has 0 aliphatic carbocycles. The van der Waals surface area contributed by atoms with Crippen LogP contribution in [0.3, 0.4) is 0 Å². The lowest BCUT2D eigenvalue weighted by Crippen LogP contribution is -2.35. The van der Waals surface area contributed by atoms with Gasteiger partial charge in [-0.2, -0.15) is 0 Å². The van der Waals surface area contributed by atoms with Crippen molar-refractivity contribution < 1.29 is 14.5 Å². The molecule has 20 heavy (non-hydrogen) atoms. The molecule has 1 fully saturated rings. The van der Waals surface area contributed by atoms with E-state index in [9.17, 15) is 14.9 Å². The molecular weight excluding hydrogens is 260 g/mol. The van der Waals surface area contributed by atoms with Crippen LogP contribution in [-0.4, -0.2) is 30.9 Å². The van der Waals surface area contributed by atoms with E-state index in [0.717, 1.165) is 31.6 Å². The zero-order valence-corrected chi connectivity index (χ0v) is 11.7. The number of Topliss-reactive ketones (excluding diaryl/α,β-unsaturated/α-hetero) is 1. The molecule has 0 unspecified atom stereocenters. The Morgan fingerprint density at radius 2 is 2.05 bits per heavy atom. The number of anilines is 1. The molecule has 1 aromatic carbocycles. The Labute approximate surface area is 117 Å². The molecule has 1 aliphatic rings. The van der Waals surface area contributed by atoms with Crippen LogP contribution in [-0.2, 0) is 4.79 Å². The molecule has 6 heteroatoms. The summed E-state index contributed by atoms with van der Waals surface area (Å²) in [6.45, 7) is 3.20. The second kappa shape index (κ2) is 5.90. The number of benzene rings is 1. The fraction of sp³-hybridized carbons (Fsp3) is 0.500. The van der Waals surface area contributed by atoms with Crippen LogP contribution in [0.5, 0.6) is 5.75 Å². The van der Waals surface area contributed by atoms with Gasteiger partial charge in [-0.3, -0.25) is 14.9 Å². The van der Waals surface area contributed by atoms with Crippen LogP contribution in [0.4, 0.5) is 11.4 Å². The summed E-state index contributed by atoms with van der Waals surface area (Å²) in [7, 11) is 1.42. The molecule has 1 aliphatic heterocycles. The monoisotopic (exact) mass is 278 g/mol. The number of carbonyl (C=O) groups excluding carboxylic acids is 1. The van der Waals surface area contributed by atoms with Gasteiger partial charge in [0.2, 0.25) is 0 Å². The fourth-order valence-corrected chi connectivity index (χ4v) is 2.56. The van der Waals surface area contributed by atoms with Gasteiger partial charge in [0, 0.05) is 36.8 Å². The molecule has 0 amide bonds. The quantitative estimate of drug-likeness (QED) is 0.624. The van der Waals surface area contributed by atoms with E-state index in [1.807, 2.05) is 0 Å². The number of nitrogens with zero attached hydrogens (tertiary/aromatic N) is 2. The number of hydrogen-bond donors (Lipinski definition) is 0. The zero-order chi connectivity index (χ0) is 14.7. The number of ketones is 1. The van der Waals surface area contributed by atoms with E-state index in [0.29, 0.717) is 0 Å². The number of nitro groups is 1. The predicted molar refractivity (Wildman–Crippen MR) is 75.3 cm³/mol. The smallest absolute Gasteiger partial charge is 0.311 e. The van der Waals surface area contributed by atoms with Crippen molar-refractivity contribution in [1.29, 1.82) is 0 Å². The normalized spacial score (nSPS) is 16.0. The molecule has 0 bridgehead atoms. The van der Waals surface area contributed by atoms with E-state index < -0.39 is 4.92 Å². The molecule has 0 N–H and O–H groups in total. The summed E-state index contributed by atoms with van der Waals surface area (Å²) < 4.78 is 5.08. The highest BCUT2D eigenvalue weighted by molar-refractivity contribution is 5.78. The third-order valence-corrected chi connectivity index (χ3v) is 3.80. The Morgan fingerprint density at radius 3 is 2.55 bits per heavy atom. The van der Waals surface area contributed by atoms with Gasteiger partial charge in [0.1, 0.15) is 5.78 Å². The highest BCUT2D eigenvalue weighted by Gasteiger charge is 2.24. The highest BCUT2D eigenvalue weighted by Crippen LogP contribution is 2.33. The summed E-state index contributed by atoms with van der Waals surface area (Å²) in [6, 6.07) is 4.88. The molecule has 0 atom stereocenters. The average Bonchev–Trinajstić information content (AvgIpc) is 2.46. The molecule has 0 radical (unpaired) electrons. The SMILES string of the molecule is COc1cc(N2CCC(C(C)=O)CC2)ccc1[N+](=O)[O-]. The largest absolute Gasteiger partial charge is 0.490 e. The van der Waals surface area contributed by atoms with Crippen molar-refractivity contribution in [1.82, 2.24) is 0 Å². The number of carbonyl (C=O) groups is 1. The summed E-state index contributed by atoms with van der Waals surface area (Å²) in [4.78, 5) is 23.9. The Kier molecular flexibility index (Phi) is 4.22. The molecule has 0 saturated carbocycles. The van der Waals surface area contributed by atoms with Crippen molar-refractivity contribution in [3.63, 3.8) is 0 Å². The molecule has 6 nitrogen and oxygen atoms in total. The van der Waals surface area contributed by atoms with Crippen molar-refractivity contribution >= 4 is 17.2 Å². The molecule has 0 aromatic heterocycles. The molecular formula is C14H18N2O4. The van der Waals surface area contributed by atoms with Gasteiger partial charge in [0.25, 0.3) is 0 Å². The molecule has 0 spiro atoms. The number of rotatable bonds is 4. The summed E-state index contributed by atoms with van der Waals surface area (Å²) >= 11 is 0. The van der Waals surface area contributed by atoms with Crippen molar-refractivity contribution in [2.45, 2.75) is 19.8 Å². The van der Waals surface area contributed by atoms with Gasteiger partial charge < -0.3 is 9.64 Å². The van der Waals surface area contributed by atoms with Gasteiger partial charge in [-0.15, -0.1) is 0 Å². The van der Waals surface area contributed by atoms with Gasteiger partial charge in [0.15, 0.2) is 5.75 Å². The summed E-state index contributed by atoms with van der Waals surface area (Å²) in [5, 5.41) is 10.9. The molecule has 108 valence electrons. The van der Waals surface area contributed by atoms with E-state index in [4.69, 9.17) is 4.74 Å². The maximum Gasteiger partial charge on any atom is 0.311 e. The summed E-state index contributed by atoms with van der Waals surface area (Å²) in [6.07, 6.45) is 1.66. The van der Waals surface area contributed by atoms with E-state index in [2.05, 4.69) is 4.90 Å². The first-order chi connectivity index (χ1) is 9.52. The van der Waals surface area contributed by atoms with E-state index in [-0.39, 0.29) is 23.1 Å². The Hall–Kier alpha value is -2.11. The predicted octanol–water partition coefficient (Wildman–Crippen LogP) is 2.41. The molecule has 1 aromatic rings. The fourth-order valence-electron chi connectivity index (χ4n) is 2.56. The lowest BCUT2D eigenvalue weighted by Gasteiger charge is -2.32. The first kappa shape index (κ1) is 14.3. The number of hydrogen-bond acceptors (Lipinski definition) is 5. The van der Waals surface area contributed by atoms with E-state index >= 15 is 0 Å². The van der Waals surface area contributed by atoms with Crippen LogP contribution in [0.1, 0.15) is 19.8 Å². The maximum atomic E-state index is 11.3. The van der Waals surface area contributed by atoms with Crippen molar-refractivity contribution in [2.24, 2.45) is 5.92 Å². The Bertz CT molecular complexity index is 522. The standard InChI is InChI=1S/C14H18N2O4/c1-10(17)11-5-7-15(8-6-11)12-3-4-13(16(18)19)14(9-12)20-2/h3-4,9,11H,5-8H2,1-2H3.